The number of nitrogens with zero attached hydrogens (tertiary/aromatic N) is 1. The van der Waals surface area contributed by atoms with E-state index < -0.39 is 29.7 Å². The summed E-state index contributed by atoms with van der Waals surface area (Å²) in [6.07, 6.45) is 4.61. The molecule has 2 aromatic rings. The first-order valence-corrected chi connectivity index (χ1v) is 21.5. The van der Waals surface area contributed by atoms with E-state index in [9.17, 15) is 29.7 Å². The highest BCUT2D eigenvalue weighted by Gasteiger charge is 3.04. The Morgan fingerprint density at radius 2 is 1.16 bits per heavy atom. The van der Waals surface area contributed by atoms with E-state index in [0.717, 1.165) is 107 Å². The van der Waals surface area contributed by atoms with Crippen LogP contribution in [-0.2, 0) is 40.3 Å². The lowest BCUT2D eigenvalue weighted by molar-refractivity contribution is -0.465. The van der Waals surface area contributed by atoms with E-state index in [-0.39, 0.29) is 34.5 Å². The quantitative estimate of drug-likeness (QED) is 0.120. The standard InChI is InChI=1S/C46H58N4O6/c1-24-9-26(15-33(42(51)52)30-3-6-47-18-30)13-28(11-24)21-50(22-29-12-25(2)10-27(14-29)16-34(43(53)54)31-4-7-48-19-31)23-46-39-36-38-37(39)41(46)45(38,40(36)46)17-35(44(55)56)32-5-8-49-20-32/h9-14,30-36,38,40-41,47-49H,3-8,15-23H2,1-2H3,(H,51,52)(H,53,54)(H,55,56)/t30-,31-,32-,33-,34-,35-,36-,38?,40?,41?,45?,46?/m0/s1. The molecular weight excluding hydrogens is 705 g/mol. The number of benzene rings is 2. The van der Waals surface area contributed by atoms with Crippen molar-refractivity contribution < 1.29 is 29.7 Å². The average Bonchev–Trinajstić information content (AvgIpc) is 3.96. The minimum absolute atomic E-state index is 0.135. The highest BCUT2D eigenvalue weighted by atomic mass is 16.4. The van der Waals surface area contributed by atoms with Crippen LogP contribution in [0.1, 0.15) is 59.1 Å². The fraction of sp³-hybridized carbons (Fsp3) is 0.630. The van der Waals surface area contributed by atoms with Gasteiger partial charge in [0.25, 0.3) is 0 Å². The maximum atomic E-state index is 12.7. The second kappa shape index (κ2) is 13.5. The van der Waals surface area contributed by atoms with Crippen molar-refractivity contribution in [3.8, 4) is 0 Å². The number of hydrogen-bond donors (Lipinski definition) is 6. The number of nitrogens with one attached hydrogen (secondary N) is 3. The van der Waals surface area contributed by atoms with Crippen molar-refractivity contribution in [2.45, 2.75) is 65.5 Å². The van der Waals surface area contributed by atoms with Crippen molar-refractivity contribution in [1.29, 1.82) is 0 Å². The molecule has 0 amide bonds. The molecule has 0 spiro atoms. The minimum Gasteiger partial charge on any atom is -0.481 e. The molecule has 3 aliphatic heterocycles. The normalized spacial score (nSPS) is 35.5. The Labute approximate surface area is 329 Å². The molecule has 7 fully saturated rings. The predicted molar refractivity (Wildman–Crippen MR) is 211 cm³/mol. The zero-order chi connectivity index (χ0) is 38.7. The number of carboxylic acid groups (broad SMARTS) is 3. The molecule has 9 aliphatic rings. The van der Waals surface area contributed by atoms with Crippen LogP contribution in [0.2, 0.25) is 0 Å². The number of aryl methyl sites for hydroxylation is 2. The third-order valence-corrected chi connectivity index (χ3v) is 16.4. The maximum Gasteiger partial charge on any atom is 0.307 e. The van der Waals surface area contributed by atoms with Crippen molar-refractivity contribution >= 4 is 17.9 Å². The van der Waals surface area contributed by atoms with Gasteiger partial charge in [0.1, 0.15) is 0 Å². The Morgan fingerprint density at radius 3 is 1.57 bits per heavy atom. The van der Waals surface area contributed by atoms with Crippen LogP contribution in [0.4, 0.5) is 0 Å². The summed E-state index contributed by atoms with van der Waals surface area (Å²) >= 11 is 0. The van der Waals surface area contributed by atoms with Crippen molar-refractivity contribution in [3.63, 3.8) is 0 Å². The highest BCUT2D eigenvalue weighted by molar-refractivity contribution is 5.79. The number of allylic oxidation sites excluding steroid dienone is 1. The van der Waals surface area contributed by atoms with Crippen molar-refractivity contribution in [2.75, 3.05) is 45.8 Å². The molecular formula is C46H58N4O6. The van der Waals surface area contributed by atoms with E-state index >= 15 is 0 Å². The lowest BCUT2D eigenvalue weighted by Gasteiger charge is -3.06. The number of rotatable bonds is 18. The predicted octanol–water partition coefficient (Wildman–Crippen LogP) is 4.51. The molecule has 10 heteroatoms. The van der Waals surface area contributed by atoms with Gasteiger partial charge in [-0.2, -0.15) is 0 Å². The average molecular weight is 763 g/mol. The summed E-state index contributed by atoms with van der Waals surface area (Å²) < 4.78 is 0. The smallest absolute Gasteiger partial charge is 0.307 e. The Bertz CT molecular complexity index is 1910. The lowest BCUT2D eigenvalue weighted by atomic mass is 8.97. The third kappa shape index (κ3) is 5.37. The van der Waals surface area contributed by atoms with Crippen molar-refractivity contribution in [3.05, 3.63) is 80.9 Å². The Kier molecular flexibility index (Phi) is 8.86. The maximum absolute atomic E-state index is 12.7. The molecule has 6 aliphatic carbocycles. The first-order chi connectivity index (χ1) is 27.0. The van der Waals surface area contributed by atoms with Crippen LogP contribution in [0, 0.1) is 83.9 Å². The topological polar surface area (TPSA) is 151 Å². The molecule has 3 heterocycles. The molecule has 0 aromatic heterocycles. The molecule has 0 bridgehead atoms. The summed E-state index contributed by atoms with van der Waals surface area (Å²) in [6, 6.07) is 13.3. The van der Waals surface area contributed by atoms with E-state index in [2.05, 4.69) is 71.1 Å². The van der Waals surface area contributed by atoms with E-state index in [0.29, 0.717) is 36.5 Å². The Balaban J connectivity index is 0.929. The van der Waals surface area contributed by atoms with Crippen molar-refractivity contribution in [1.82, 2.24) is 20.9 Å². The molecule has 4 saturated carbocycles. The van der Waals surface area contributed by atoms with Crippen LogP contribution in [0.3, 0.4) is 0 Å². The van der Waals surface area contributed by atoms with Gasteiger partial charge in [0.15, 0.2) is 0 Å². The fourth-order valence-corrected chi connectivity index (χ4v) is 14.6. The minimum atomic E-state index is -0.717. The van der Waals surface area contributed by atoms with Crippen LogP contribution >= 0.6 is 0 Å². The van der Waals surface area contributed by atoms with Gasteiger partial charge < -0.3 is 31.3 Å². The van der Waals surface area contributed by atoms with Gasteiger partial charge in [-0.1, -0.05) is 58.7 Å². The number of carboxylic acids is 3. The largest absolute Gasteiger partial charge is 0.481 e. The van der Waals surface area contributed by atoms with Gasteiger partial charge in [0.05, 0.1) is 17.8 Å². The van der Waals surface area contributed by atoms with Gasteiger partial charge in [-0.3, -0.25) is 19.3 Å². The van der Waals surface area contributed by atoms with Gasteiger partial charge in [-0.25, -0.2) is 0 Å². The molecule has 56 heavy (non-hydrogen) atoms. The van der Waals surface area contributed by atoms with Crippen molar-refractivity contribution in [2.24, 2.45) is 70.0 Å². The van der Waals surface area contributed by atoms with E-state index in [1.165, 1.54) is 11.1 Å². The first kappa shape index (κ1) is 36.7. The zero-order valence-corrected chi connectivity index (χ0v) is 32.9. The summed E-state index contributed by atoms with van der Waals surface area (Å²) in [5.41, 5.74) is 10.6. The lowest BCUT2D eigenvalue weighted by Crippen LogP contribution is -3.02. The molecule has 5 unspecified atom stereocenters. The SMILES string of the molecule is Cc1cc(C[C@H](C(=O)O)[C@H]2CCNC2)cc(CN(Cc2cc(C)cc(C[C@H](C(=O)O)[C@H]3CCNC3)c2)CC23C4=C5C6[C@@H]4C2C6(C[C@H](C(=O)O)[C@H]2CCNC2)C53)c1. The van der Waals surface area contributed by atoms with Gasteiger partial charge >= 0.3 is 17.9 Å². The first-order valence-electron chi connectivity index (χ1n) is 21.5. The fourth-order valence-electron chi connectivity index (χ4n) is 14.6. The number of aliphatic carboxylic acids is 3. The van der Waals surface area contributed by atoms with Crippen LogP contribution in [0.25, 0.3) is 0 Å². The summed E-state index contributed by atoms with van der Waals surface area (Å²) in [7, 11) is 0. The van der Waals surface area contributed by atoms with E-state index in [1.54, 1.807) is 11.1 Å². The molecule has 298 valence electrons. The monoisotopic (exact) mass is 762 g/mol. The molecule has 12 atom stereocenters. The van der Waals surface area contributed by atoms with Crippen LogP contribution in [0.15, 0.2) is 47.5 Å². The zero-order valence-electron chi connectivity index (χ0n) is 32.9. The second-order valence-electron chi connectivity index (χ2n) is 19.4. The van der Waals surface area contributed by atoms with Gasteiger partial charge in [-0.15, -0.1) is 0 Å². The molecule has 2 aromatic carbocycles. The summed E-state index contributed by atoms with van der Waals surface area (Å²) in [6.45, 7) is 11.6. The summed E-state index contributed by atoms with van der Waals surface area (Å²) in [5, 5.41) is 41.0. The van der Waals surface area contributed by atoms with Gasteiger partial charge in [0, 0.05) is 25.0 Å². The molecule has 10 nitrogen and oxygen atoms in total. The van der Waals surface area contributed by atoms with Crippen LogP contribution < -0.4 is 16.0 Å². The van der Waals surface area contributed by atoms with E-state index in [1.807, 2.05) is 0 Å². The molecule has 6 N–H and O–H groups in total. The molecule has 11 rings (SSSR count). The molecule has 3 saturated heterocycles. The third-order valence-electron chi connectivity index (χ3n) is 16.4. The van der Waals surface area contributed by atoms with Crippen LogP contribution in [-0.4, -0.2) is 83.9 Å². The summed E-state index contributed by atoms with van der Waals surface area (Å²) in [4.78, 5) is 40.2. The van der Waals surface area contributed by atoms with Crippen LogP contribution in [0.5, 0.6) is 0 Å². The Morgan fingerprint density at radius 1 is 0.696 bits per heavy atom. The molecule has 0 radical (unpaired) electrons. The van der Waals surface area contributed by atoms with Gasteiger partial charge in [-0.05, 0) is 161 Å². The van der Waals surface area contributed by atoms with Gasteiger partial charge in [0.2, 0.25) is 0 Å². The number of carbonyl (C=O) groups is 3. The number of hydrogen-bond acceptors (Lipinski definition) is 7. The summed E-state index contributed by atoms with van der Waals surface area (Å²) in [5.74, 6) is -0.217. The van der Waals surface area contributed by atoms with E-state index in [4.69, 9.17) is 0 Å². The second-order valence-corrected chi connectivity index (χ2v) is 19.4. The Hall–Kier alpha value is -3.57. The highest BCUT2D eigenvalue weighted by Crippen LogP contribution is 3.08.